The van der Waals surface area contributed by atoms with Crippen LogP contribution >= 0.6 is 23.2 Å². The van der Waals surface area contributed by atoms with Crippen LogP contribution < -0.4 is 20.1 Å². The molecule has 0 spiro atoms. The molecule has 6 rings (SSSR count). The van der Waals surface area contributed by atoms with E-state index in [-0.39, 0.29) is 24.1 Å². The third-order valence-corrected chi connectivity index (χ3v) is 9.86. The van der Waals surface area contributed by atoms with Gasteiger partial charge in [-0.25, -0.2) is 9.97 Å². The van der Waals surface area contributed by atoms with Gasteiger partial charge in [0.15, 0.2) is 0 Å². The molecule has 2 aromatic heterocycles. The van der Waals surface area contributed by atoms with Crippen molar-refractivity contribution >= 4 is 29.1 Å². The number of benzene rings is 2. The Hall–Kier alpha value is -3.83. The number of amides is 1. The van der Waals surface area contributed by atoms with Crippen molar-refractivity contribution in [1.82, 2.24) is 30.6 Å². The first-order chi connectivity index (χ1) is 23.4. The summed E-state index contributed by atoms with van der Waals surface area (Å²) < 4.78 is 17.1. The molecule has 2 saturated heterocycles. The van der Waals surface area contributed by atoms with Gasteiger partial charge in [-0.1, -0.05) is 66.5 Å². The van der Waals surface area contributed by atoms with E-state index in [1.165, 1.54) is 0 Å². The minimum Gasteiger partial charge on any atom is -0.480 e. The molecule has 0 unspecified atom stereocenters. The summed E-state index contributed by atoms with van der Waals surface area (Å²) in [6.07, 6.45) is 9.49. The zero-order chi connectivity index (χ0) is 33.6. The quantitative estimate of drug-likeness (QED) is 0.155. The summed E-state index contributed by atoms with van der Waals surface area (Å²) in [7, 11) is 3.18. The molecule has 12 heteroatoms. The molecular weight excluding hydrogens is 651 g/mol. The lowest BCUT2D eigenvalue weighted by atomic mass is 9.98. The summed E-state index contributed by atoms with van der Waals surface area (Å²) in [5, 5.41) is 7.55. The number of nitrogens with zero attached hydrogens (tertiary/aromatic N) is 4. The van der Waals surface area contributed by atoms with Crippen molar-refractivity contribution in [3.05, 3.63) is 70.2 Å². The number of carbonyl (C=O) groups is 1. The third kappa shape index (κ3) is 7.42. The molecule has 0 saturated carbocycles. The lowest BCUT2D eigenvalue weighted by molar-refractivity contribution is -0.119. The second-order valence-corrected chi connectivity index (χ2v) is 12.8. The zero-order valence-electron chi connectivity index (χ0n) is 27.4. The van der Waals surface area contributed by atoms with E-state index in [4.69, 9.17) is 52.4 Å². The van der Waals surface area contributed by atoms with Gasteiger partial charge in [0.1, 0.15) is 11.4 Å². The lowest BCUT2D eigenvalue weighted by Crippen LogP contribution is -2.35. The molecule has 4 heterocycles. The average molecular weight is 692 g/mol. The number of aryl methyl sites for hydroxylation is 1. The first-order valence-corrected chi connectivity index (χ1v) is 17.2. The molecular formula is C36H40Cl2N6O4. The Morgan fingerprint density at radius 3 is 2.08 bits per heavy atom. The monoisotopic (exact) mass is 690 g/mol. The SMILES string of the molecule is CC[C@@H]1OCC[C@H]1NCc1ncc(-c2cccc(-c3cccc(-c4cnc(CCC[C@@H]5CCC(=O)N5)c(OC)n4)c3Cl)c2Cl)nc1OC. The molecule has 0 bridgehead atoms. The van der Waals surface area contributed by atoms with Crippen LogP contribution in [0.15, 0.2) is 48.8 Å². The van der Waals surface area contributed by atoms with E-state index in [2.05, 4.69) is 22.5 Å². The Balaban J connectivity index is 1.22. The van der Waals surface area contributed by atoms with E-state index in [0.29, 0.717) is 63.7 Å². The second-order valence-electron chi connectivity index (χ2n) is 12.0. The van der Waals surface area contributed by atoms with Gasteiger partial charge in [0.25, 0.3) is 0 Å². The van der Waals surface area contributed by atoms with Crippen LogP contribution in [0, 0.1) is 0 Å². The van der Waals surface area contributed by atoms with Crippen LogP contribution in [0.5, 0.6) is 11.8 Å². The summed E-state index contributed by atoms with van der Waals surface area (Å²) in [6.45, 7) is 3.41. The largest absolute Gasteiger partial charge is 0.480 e. The van der Waals surface area contributed by atoms with Gasteiger partial charge in [0.2, 0.25) is 17.7 Å². The molecule has 4 aromatic rings. The number of aromatic nitrogens is 4. The Labute approximate surface area is 291 Å². The number of hydrogen-bond donors (Lipinski definition) is 2. The Bertz CT molecular complexity index is 1770. The van der Waals surface area contributed by atoms with E-state index in [1.807, 2.05) is 36.4 Å². The van der Waals surface area contributed by atoms with Crippen molar-refractivity contribution in [1.29, 1.82) is 0 Å². The molecule has 10 nitrogen and oxygen atoms in total. The molecule has 0 radical (unpaired) electrons. The van der Waals surface area contributed by atoms with Crippen LogP contribution in [0.3, 0.4) is 0 Å². The number of rotatable bonds is 13. The molecule has 48 heavy (non-hydrogen) atoms. The predicted octanol–water partition coefficient (Wildman–Crippen LogP) is 6.85. The summed E-state index contributed by atoms with van der Waals surface area (Å²) in [4.78, 5) is 30.5. The average Bonchev–Trinajstić information content (AvgIpc) is 3.76. The minimum absolute atomic E-state index is 0.126. The highest BCUT2D eigenvalue weighted by Gasteiger charge is 2.27. The number of carbonyl (C=O) groups excluding carboxylic acids is 1. The van der Waals surface area contributed by atoms with Crippen molar-refractivity contribution in [2.45, 2.75) is 76.6 Å². The maximum absolute atomic E-state index is 11.5. The standard InChI is InChI=1S/C36H40Cl2N6O4/c1-4-31-26(16-17-48-31)39-20-30-36(47-3)44-29(19-41-30)25-12-7-10-23(34(25)38)22-9-6-11-24(33(22)37)28-18-40-27(35(43-28)46-2)13-5-8-21-14-15-32(45)42-21/h6-7,9-12,18-19,21,26,31,39H,4-5,8,13-17,20H2,1-3H3,(H,42,45)/t21-,26-,31+/m1/s1. The highest BCUT2D eigenvalue weighted by atomic mass is 35.5. The number of nitrogens with one attached hydrogen (secondary N) is 2. The normalized spacial score (nSPS) is 19.0. The van der Waals surface area contributed by atoms with Crippen molar-refractivity contribution < 1.29 is 19.0 Å². The van der Waals surface area contributed by atoms with Gasteiger partial charge < -0.3 is 24.8 Å². The number of hydrogen-bond acceptors (Lipinski definition) is 9. The fraction of sp³-hybridized carbons (Fsp3) is 0.417. The summed E-state index contributed by atoms with van der Waals surface area (Å²) in [5.41, 5.74) is 5.57. The number of methoxy groups -OCH3 is 2. The molecule has 3 atom stereocenters. The topological polar surface area (TPSA) is 120 Å². The first-order valence-electron chi connectivity index (χ1n) is 16.4. The van der Waals surface area contributed by atoms with Crippen LogP contribution in [0.2, 0.25) is 10.0 Å². The Kier molecular flexibility index (Phi) is 11.1. The second kappa shape index (κ2) is 15.6. The van der Waals surface area contributed by atoms with Crippen LogP contribution in [0.25, 0.3) is 33.6 Å². The molecule has 2 N–H and O–H groups in total. The predicted molar refractivity (Wildman–Crippen MR) is 186 cm³/mol. The van der Waals surface area contributed by atoms with Gasteiger partial charge in [-0.05, 0) is 38.5 Å². The molecule has 0 aliphatic carbocycles. The molecule has 2 fully saturated rings. The van der Waals surface area contributed by atoms with Gasteiger partial charge in [-0.15, -0.1) is 0 Å². The van der Waals surface area contributed by atoms with Crippen molar-refractivity contribution in [2.75, 3.05) is 20.8 Å². The van der Waals surface area contributed by atoms with Crippen molar-refractivity contribution in [3.8, 4) is 45.4 Å². The lowest BCUT2D eigenvalue weighted by Gasteiger charge is -2.19. The molecule has 1 amide bonds. The third-order valence-electron chi connectivity index (χ3n) is 9.04. The fourth-order valence-electron chi connectivity index (χ4n) is 6.47. The maximum atomic E-state index is 11.5. The highest BCUT2D eigenvalue weighted by Crippen LogP contribution is 2.42. The van der Waals surface area contributed by atoms with Gasteiger partial charge in [0, 0.05) is 53.9 Å². The van der Waals surface area contributed by atoms with Crippen LogP contribution in [-0.4, -0.2) is 64.9 Å². The van der Waals surface area contributed by atoms with Crippen molar-refractivity contribution in [3.63, 3.8) is 0 Å². The van der Waals surface area contributed by atoms with E-state index in [9.17, 15) is 4.79 Å². The summed E-state index contributed by atoms with van der Waals surface area (Å²) in [6, 6.07) is 12.0. The van der Waals surface area contributed by atoms with Crippen LogP contribution in [0.4, 0.5) is 0 Å². The number of ether oxygens (including phenoxy) is 3. The van der Waals surface area contributed by atoms with Crippen LogP contribution in [0.1, 0.15) is 56.8 Å². The van der Waals surface area contributed by atoms with E-state index >= 15 is 0 Å². The summed E-state index contributed by atoms with van der Waals surface area (Å²) in [5.74, 6) is 1.02. The molecule has 2 aromatic carbocycles. The Morgan fingerprint density at radius 1 is 0.896 bits per heavy atom. The van der Waals surface area contributed by atoms with Gasteiger partial charge in [-0.2, -0.15) is 0 Å². The summed E-state index contributed by atoms with van der Waals surface area (Å²) >= 11 is 14.1. The smallest absolute Gasteiger partial charge is 0.237 e. The van der Waals surface area contributed by atoms with Gasteiger partial charge in [0.05, 0.1) is 54.2 Å². The fourth-order valence-corrected chi connectivity index (χ4v) is 7.12. The zero-order valence-corrected chi connectivity index (χ0v) is 28.9. The van der Waals surface area contributed by atoms with E-state index < -0.39 is 0 Å². The molecule has 2 aliphatic heterocycles. The van der Waals surface area contributed by atoms with E-state index in [0.717, 1.165) is 61.2 Å². The minimum atomic E-state index is 0.126. The first kappa shape index (κ1) is 34.0. The van der Waals surface area contributed by atoms with Gasteiger partial charge >= 0.3 is 0 Å². The van der Waals surface area contributed by atoms with Gasteiger partial charge in [-0.3, -0.25) is 14.8 Å². The van der Waals surface area contributed by atoms with E-state index in [1.54, 1.807) is 26.6 Å². The maximum Gasteiger partial charge on any atom is 0.237 e. The highest BCUT2D eigenvalue weighted by molar-refractivity contribution is 6.39. The molecule has 252 valence electrons. The Morgan fingerprint density at radius 2 is 1.50 bits per heavy atom. The van der Waals surface area contributed by atoms with Crippen LogP contribution in [-0.2, 0) is 22.5 Å². The van der Waals surface area contributed by atoms with Crippen molar-refractivity contribution in [2.24, 2.45) is 0 Å². The number of halogens is 2. The molecule has 2 aliphatic rings.